The smallest absolute Gasteiger partial charge is 0.355 e. The number of piperazine rings is 1. The van der Waals surface area contributed by atoms with Crippen LogP contribution in [0.4, 0.5) is 29.1 Å². The van der Waals surface area contributed by atoms with Crippen LogP contribution in [0.5, 0.6) is 0 Å². The third kappa shape index (κ3) is 4.05. The molecule has 2 amide bonds. The second kappa shape index (κ2) is 7.80. The van der Waals surface area contributed by atoms with E-state index in [-0.39, 0.29) is 30.5 Å². The zero-order chi connectivity index (χ0) is 22.3. The van der Waals surface area contributed by atoms with Gasteiger partial charge in [-0.3, -0.25) is 14.5 Å². The zero-order valence-electron chi connectivity index (χ0n) is 16.5. The lowest BCUT2D eigenvalue weighted by atomic mass is 10.0. The van der Waals surface area contributed by atoms with Gasteiger partial charge >= 0.3 is 6.18 Å². The van der Waals surface area contributed by atoms with Crippen LogP contribution >= 0.6 is 0 Å². The highest BCUT2D eigenvalue weighted by Crippen LogP contribution is 2.35. The summed E-state index contributed by atoms with van der Waals surface area (Å²) >= 11 is 0. The molecule has 2 aliphatic rings. The van der Waals surface area contributed by atoms with Crippen LogP contribution in [-0.4, -0.2) is 54.4 Å². The Labute approximate surface area is 175 Å². The summed E-state index contributed by atoms with van der Waals surface area (Å²) in [6.07, 6.45) is -3.20. The van der Waals surface area contributed by atoms with Crippen molar-refractivity contribution in [2.75, 3.05) is 36.9 Å². The minimum absolute atomic E-state index is 0.139. The number of benzene rings is 1. The molecule has 1 unspecified atom stereocenters. The van der Waals surface area contributed by atoms with E-state index in [1.165, 1.54) is 19.3 Å². The molecule has 7 nitrogen and oxygen atoms in total. The summed E-state index contributed by atoms with van der Waals surface area (Å²) in [6.45, 7) is 0.710. The number of hydrogen-bond donors (Lipinski definition) is 2. The summed E-state index contributed by atoms with van der Waals surface area (Å²) in [5, 5.41) is 5.20. The highest BCUT2D eigenvalue weighted by atomic mass is 19.4. The summed E-state index contributed by atoms with van der Waals surface area (Å²) in [6, 6.07) is 3.27. The molecule has 164 valence electrons. The highest BCUT2D eigenvalue weighted by molar-refractivity contribution is 6.05. The second-order valence-electron chi connectivity index (χ2n) is 7.41. The summed E-state index contributed by atoms with van der Waals surface area (Å²) in [5.74, 6) is -0.934. The van der Waals surface area contributed by atoms with Gasteiger partial charge in [0.1, 0.15) is 11.9 Å². The zero-order valence-corrected chi connectivity index (χ0v) is 16.5. The predicted octanol–water partition coefficient (Wildman–Crippen LogP) is 2.24. The first kappa shape index (κ1) is 21.0. The summed E-state index contributed by atoms with van der Waals surface area (Å²) in [4.78, 5) is 32.3. The van der Waals surface area contributed by atoms with Crippen LogP contribution in [-0.2, 0) is 17.5 Å². The van der Waals surface area contributed by atoms with E-state index in [4.69, 9.17) is 0 Å². The maximum absolute atomic E-state index is 13.6. The van der Waals surface area contributed by atoms with Gasteiger partial charge in [-0.2, -0.15) is 13.2 Å². The van der Waals surface area contributed by atoms with Crippen LogP contribution in [0.15, 0.2) is 30.5 Å². The number of fused-ring (bicyclic) bond motifs is 3. The predicted molar refractivity (Wildman–Crippen MR) is 104 cm³/mol. The van der Waals surface area contributed by atoms with E-state index in [9.17, 15) is 27.2 Å². The average Bonchev–Trinajstić information content (AvgIpc) is 2.72. The molecule has 0 bridgehead atoms. The third-order valence-corrected chi connectivity index (χ3v) is 5.42. The standard InChI is InChI=1S/C20H19F4N5O2/c1-25-18(30)11-7-15-17(26-8-11)29-5-4-28(10-16(29)19(31)27-15)9-12-6-13(21)2-3-14(12)20(22,23)24/h2-3,6-8,16H,4-5,9-10H2,1H3,(H,25,30)(H,27,31). The van der Waals surface area contributed by atoms with Crippen molar-refractivity contribution < 1.29 is 27.2 Å². The molecule has 1 atom stereocenters. The minimum Gasteiger partial charge on any atom is -0.355 e. The number of halogens is 4. The molecule has 4 rings (SSSR count). The molecule has 11 heteroatoms. The number of aromatic nitrogens is 1. The molecule has 0 saturated carbocycles. The quantitative estimate of drug-likeness (QED) is 0.721. The van der Waals surface area contributed by atoms with Crippen molar-refractivity contribution in [3.63, 3.8) is 0 Å². The molecule has 0 radical (unpaired) electrons. The minimum atomic E-state index is -4.60. The van der Waals surface area contributed by atoms with Crippen LogP contribution in [0, 0.1) is 5.82 Å². The number of nitrogens with zero attached hydrogens (tertiary/aromatic N) is 3. The Morgan fingerprint density at radius 3 is 2.77 bits per heavy atom. The third-order valence-electron chi connectivity index (χ3n) is 5.42. The molecule has 3 heterocycles. The Morgan fingerprint density at radius 1 is 1.29 bits per heavy atom. The van der Waals surface area contributed by atoms with Gasteiger partial charge < -0.3 is 15.5 Å². The first-order valence-electron chi connectivity index (χ1n) is 9.55. The fourth-order valence-electron chi connectivity index (χ4n) is 3.93. The molecule has 2 aliphatic heterocycles. The maximum atomic E-state index is 13.6. The molecule has 2 aromatic rings. The Hall–Kier alpha value is -3.21. The number of carbonyl (C=O) groups is 2. The molecule has 0 spiro atoms. The molecular formula is C20H19F4N5O2. The van der Waals surface area contributed by atoms with Crippen LogP contribution in [0.25, 0.3) is 0 Å². The molecule has 1 saturated heterocycles. The first-order chi connectivity index (χ1) is 14.7. The number of carbonyl (C=O) groups excluding carboxylic acids is 2. The number of hydrogen-bond acceptors (Lipinski definition) is 5. The Kier molecular flexibility index (Phi) is 5.29. The molecule has 31 heavy (non-hydrogen) atoms. The van der Waals surface area contributed by atoms with E-state index in [0.29, 0.717) is 30.2 Å². The number of pyridine rings is 1. The Bertz CT molecular complexity index is 1040. The second-order valence-corrected chi connectivity index (χ2v) is 7.41. The number of anilines is 2. The van der Waals surface area contributed by atoms with Crippen molar-refractivity contribution in [2.24, 2.45) is 0 Å². The van der Waals surface area contributed by atoms with E-state index >= 15 is 0 Å². The van der Waals surface area contributed by atoms with Gasteiger partial charge in [0.15, 0.2) is 5.82 Å². The van der Waals surface area contributed by atoms with Gasteiger partial charge in [0.2, 0.25) is 5.91 Å². The van der Waals surface area contributed by atoms with E-state index in [1.54, 1.807) is 9.80 Å². The SMILES string of the molecule is CNC(=O)c1cnc2c(c1)NC(=O)C1CN(Cc3cc(F)ccc3C(F)(F)F)CCN21. The van der Waals surface area contributed by atoms with E-state index in [1.807, 2.05) is 0 Å². The van der Waals surface area contributed by atoms with Gasteiger partial charge in [-0.1, -0.05) is 0 Å². The lowest BCUT2D eigenvalue weighted by Gasteiger charge is -2.44. The van der Waals surface area contributed by atoms with E-state index < -0.39 is 23.6 Å². The molecule has 0 aliphatic carbocycles. The lowest BCUT2D eigenvalue weighted by molar-refractivity contribution is -0.138. The van der Waals surface area contributed by atoms with Crippen molar-refractivity contribution in [3.05, 3.63) is 53.0 Å². The molecular weight excluding hydrogens is 418 g/mol. The van der Waals surface area contributed by atoms with Gasteiger partial charge in [0, 0.05) is 39.4 Å². The van der Waals surface area contributed by atoms with Gasteiger partial charge in [0.05, 0.1) is 16.8 Å². The largest absolute Gasteiger partial charge is 0.416 e. The first-order valence-corrected chi connectivity index (χ1v) is 9.55. The number of nitrogens with one attached hydrogen (secondary N) is 2. The Morgan fingerprint density at radius 2 is 2.06 bits per heavy atom. The van der Waals surface area contributed by atoms with Gasteiger partial charge in [-0.25, -0.2) is 9.37 Å². The van der Waals surface area contributed by atoms with Crippen molar-refractivity contribution >= 4 is 23.3 Å². The van der Waals surface area contributed by atoms with Crippen molar-refractivity contribution in [1.82, 2.24) is 15.2 Å². The Balaban J connectivity index is 1.55. The fraction of sp³-hybridized carbons (Fsp3) is 0.350. The van der Waals surface area contributed by atoms with Crippen molar-refractivity contribution in [2.45, 2.75) is 18.8 Å². The van der Waals surface area contributed by atoms with Crippen LogP contribution in [0.1, 0.15) is 21.5 Å². The van der Waals surface area contributed by atoms with Crippen molar-refractivity contribution in [1.29, 1.82) is 0 Å². The van der Waals surface area contributed by atoms with Crippen LogP contribution < -0.4 is 15.5 Å². The maximum Gasteiger partial charge on any atom is 0.416 e. The van der Waals surface area contributed by atoms with Crippen molar-refractivity contribution in [3.8, 4) is 0 Å². The number of amides is 2. The van der Waals surface area contributed by atoms with Crippen LogP contribution in [0.3, 0.4) is 0 Å². The highest BCUT2D eigenvalue weighted by Gasteiger charge is 2.39. The van der Waals surface area contributed by atoms with E-state index in [0.717, 1.165) is 18.2 Å². The molecule has 1 aromatic heterocycles. The van der Waals surface area contributed by atoms with Crippen LogP contribution in [0.2, 0.25) is 0 Å². The lowest BCUT2D eigenvalue weighted by Crippen LogP contribution is -2.60. The molecule has 1 fully saturated rings. The number of alkyl halides is 3. The normalized spacial score (nSPS) is 18.8. The molecule has 1 aromatic carbocycles. The van der Waals surface area contributed by atoms with Gasteiger partial charge in [-0.05, 0) is 29.8 Å². The summed E-state index contributed by atoms with van der Waals surface area (Å²) < 4.78 is 53.5. The topological polar surface area (TPSA) is 77.6 Å². The summed E-state index contributed by atoms with van der Waals surface area (Å²) in [7, 11) is 1.48. The van der Waals surface area contributed by atoms with Gasteiger partial charge in [-0.15, -0.1) is 0 Å². The molecule has 2 N–H and O–H groups in total. The number of rotatable bonds is 3. The average molecular weight is 437 g/mol. The fourth-order valence-corrected chi connectivity index (χ4v) is 3.93. The monoisotopic (exact) mass is 437 g/mol. The summed E-state index contributed by atoms with van der Waals surface area (Å²) in [5.41, 5.74) is -0.367. The van der Waals surface area contributed by atoms with Gasteiger partial charge in [0.25, 0.3) is 5.91 Å². The van der Waals surface area contributed by atoms with E-state index in [2.05, 4.69) is 15.6 Å².